The molecule has 2 rings (SSSR count). The van der Waals surface area contributed by atoms with Crippen LogP contribution in [0.1, 0.15) is 31.9 Å². The van der Waals surface area contributed by atoms with Crippen LogP contribution in [0.15, 0.2) is 60.7 Å². The van der Waals surface area contributed by atoms with Crippen LogP contribution < -0.4 is 0 Å². The molecular formula is C23H29NO4. The average molecular weight is 383 g/mol. The van der Waals surface area contributed by atoms with E-state index in [2.05, 4.69) is 0 Å². The first kappa shape index (κ1) is 21.6. The molecule has 2 aromatic carbocycles. The molecule has 2 atom stereocenters. The van der Waals surface area contributed by atoms with E-state index in [-0.39, 0.29) is 13.2 Å². The first-order valence-electron chi connectivity index (χ1n) is 9.72. The van der Waals surface area contributed by atoms with E-state index in [4.69, 9.17) is 9.47 Å². The van der Waals surface area contributed by atoms with Gasteiger partial charge in [0.25, 0.3) is 0 Å². The monoisotopic (exact) mass is 383 g/mol. The molecule has 150 valence electrons. The van der Waals surface area contributed by atoms with Gasteiger partial charge in [-0.2, -0.15) is 0 Å². The van der Waals surface area contributed by atoms with Crippen LogP contribution in [0.2, 0.25) is 0 Å². The molecule has 5 heteroatoms. The molecule has 2 aromatic rings. The maximum Gasteiger partial charge on any atom is 0.324 e. The standard InChI is InChI=1S/C23H29NO4/c1-4-27-22(25)18(3)21(23(26)28-5-2)24(16-19-12-8-6-9-13-19)17-20-14-10-7-11-15-20/h6-15,18,21H,4-5,16-17H2,1-3H3/t18-,21-/m1/s1. The molecule has 0 amide bonds. The second-order valence-corrected chi connectivity index (χ2v) is 6.61. The largest absolute Gasteiger partial charge is 0.466 e. The summed E-state index contributed by atoms with van der Waals surface area (Å²) in [5, 5.41) is 0. The molecule has 0 aliphatic rings. The molecule has 0 unspecified atom stereocenters. The summed E-state index contributed by atoms with van der Waals surface area (Å²) in [6.07, 6.45) is 0. The summed E-state index contributed by atoms with van der Waals surface area (Å²) >= 11 is 0. The lowest BCUT2D eigenvalue weighted by molar-refractivity contribution is -0.162. The molecule has 0 radical (unpaired) electrons. The Morgan fingerprint density at radius 1 is 0.786 bits per heavy atom. The summed E-state index contributed by atoms with van der Waals surface area (Å²) in [7, 11) is 0. The van der Waals surface area contributed by atoms with Crippen molar-refractivity contribution >= 4 is 11.9 Å². The van der Waals surface area contributed by atoms with E-state index in [0.29, 0.717) is 13.1 Å². The summed E-state index contributed by atoms with van der Waals surface area (Å²) in [5.41, 5.74) is 2.12. The Hall–Kier alpha value is -2.66. The topological polar surface area (TPSA) is 55.8 Å². The Morgan fingerprint density at radius 2 is 1.21 bits per heavy atom. The lowest BCUT2D eigenvalue weighted by Gasteiger charge is -2.33. The molecule has 0 aromatic heterocycles. The van der Waals surface area contributed by atoms with E-state index in [1.807, 2.05) is 65.6 Å². The number of carbonyl (C=O) groups is 2. The first-order chi connectivity index (χ1) is 13.6. The summed E-state index contributed by atoms with van der Waals surface area (Å²) in [5.74, 6) is -1.45. The van der Waals surface area contributed by atoms with Crippen LogP contribution in [0.3, 0.4) is 0 Å². The first-order valence-corrected chi connectivity index (χ1v) is 9.72. The van der Waals surface area contributed by atoms with Crippen molar-refractivity contribution in [2.75, 3.05) is 13.2 Å². The van der Waals surface area contributed by atoms with Crippen LogP contribution >= 0.6 is 0 Å². The molecular weight excluding hydrogens is 354 g/mol. The molecule has 0 aliphatic carbocycles. The predicted molar refractivity (Wildman–Crippen MR) is 108 cm³/mol. The molecule has 0 saturated heterocycles. The Bertz CT molecular complexity index is 691. The van der Waals surface area contributed by atoms with Crippen LogP contribution in [0.5, 0.6) is 0 Å². The van der Waals surface area contributed by atoms with Crippen LogP contribution in [-0.2, 0) is 32.2 Å². The fourth-order valence-corrected chi connectivity index (χ4v) is 3.19. The number of esters is 2. The van der Waals surface area contributed by atoms with Gasteiger partial charge in [-0.1, -0.05) is 60.7 Å². The van der Waals surface area contributed by atoms with Gasteiger partial charge in [-0.05, 0) is 31.9 Å². The van der Waals surface area contributed by atoms with Crippen molar-refractivity contribution in [3.05, 3.63) is 71.8 Å². The van der Waals surface area contributed by atoms with Gasteiger partial charge in [0.1, 0.15) is 6.04 Å². The van der Waals surface area contributed by atoms with Crippen molar-refractivity contribution in [3.63, 3.8) is 0 Å². The number of ether oxygens (including phenoxy) is 2. The highest BCUT2D eigenvalue weighted by Crippen LogP contribution is 2.21. The molecule has 0 saturated carbocycles. The van der Waals surface area contributed by atoms with Crippen molar-refractivity contribution in [2.45, 2.75) is 39.9 Å². The average Bonchev–Trinajstić information content (AvgIpc) is 2.70. The van der Waals surface area contributed by atoms with Gasteiger partial charge in [-0.25, -0.2) is 0 Å². The van der Waals surface area contributed by atoms with Gasteiger partial charge in [0.15, 0.2) is 0 Å². The predicted octanol–water partition coefficient (Wildman–Crippen LogP) is 3.82. The second-order valence-electron chi connectivity index (χ2n) is 6.61. The molecule has 28 heavy (non-hydrogen) atoms. The molecule has 0 aliphatic heterocycles. The molecule has 0 spiro atoms. The van der Waals surface area contributed by atoms with E-state index in [0.717, 1.165) is 11.1 Å². The van der Waals surface area contributed by atoms with Crippen LogP contribution in [0, 0.1) is 5.92 Å². The molecule has 5 nitrogen and oxygen atoms in total. The number of rotatable bonds is 10. The number of carbonyl (C=O) groups excluding carboxylic acids is 2. The maximum absolute atomic E-state index is 12.8. The van der Waals surface area contributed by atoms with E-state index in [1.165, 1.54) is 0 Å². The van der Waals surface area contributed by atoms with Crippen molar-refractivity contribution < 1.29 is 19.1 Å². The zero-order valence-electron chi connectivity index (χ0n) is 16.8. The fourth-order valence-electron chi connectivity index (χ4n) is 3.19. The summed E-state index contributed by atoms with van der Waals surface area (Å²) in [4.78, 5) is 27.3. The number of nitrogens with zero attached hydrogens (tertiary/aromatic N) is 1. The van der Waals surface area contributed by atoms with Crippen molar-refractivity contribution in [1.29, 1.82) is 0 Å². The third-order valence-corrected chi connectivity index (χ3v) is 4.51. The van der Waals surface area contributed by atoms with Crippen LogP contribution in [0.4, 0.5) is 0 Å². The lowest BCUT2D eigenvalue weighted by atomic mass is 9.98. The van der Waals surface area contributed by atoms with Gasteiger partial charge in [0.2, 0.25) is 0 Å². The maximum atomic E-state index is 12.8. The SMILES string of the molecule is CCOC(=O)[C@H](C)[C@H](C(=O)OCC)N(Cc1ccccc1)Cc1ccccc1. The Morgan fingerprint density at radius 3 is 1.64 bits per heavy atom. The smallest absolute Gasteiger partial charge is 0.324 e. The second kappa shape index (κ2) is 11.2. The zero-order chi connectivity index (χ0) is 20.4. The molecule has 0 bridgehead atoms. The molecule has 0 fully saturated rings. The minimum atomic E-state index is -0.737. The third kappa shape index (κ3) is 6.20. The van der Waals surface area contributed by atoms with Crippen LogP contribution in [-0.4, -0.2) is 36.1 Å². The third-order valence-electron chi connectivity index (χ3n) is 4.51. The number of hydrogen-bond donors (Lipinski definition) is 0. The zero-order valence-corrected chi connectivity index (χ0v) is 16.8. The van der Waals surface area contributed by atoms with Gasteiger partial charge in [-0.3, -0.25) is 14.5 Å². The van der Waals surface area contributed by atoms with Crippen LogP contribution in [0.25, 0.3) is 0 Å². The van der Waals surface area contributed by atoms with Gasteiger partial charge in [-0.15, -0.1) is 0 Å². The summed E-state index contributed by atoms with van der Waals surface area (Å²) in [6.45, 7) is 6.82. The fraction of sp³-hybridized carbons (Fsp3) is 0.391. The highest BCUT2D eigenvalue weighted by molar-refractivity contribution is 5.84. The Kier molecular flexibility index (Phi) is 8.69. The number of hydrogen-bond acceptors (Lipinski definition) is 5. The van der Waals surface area contributed by atoms with E-state index < -0.39 is 23.9 Å². The van der Waals surface area contributed by atoms with E-state index >= 15 is 0 Å². The summed E-state index contributed by atoms with van der Waals surface area (Å²) < 4.78 is 10.5. The highest BCUT2D eigenvalue weighted by atomic mass is 16.5. The minimum absolute atomic E-state index is 0.259. The van der Waals surface area contributed by atoms with E-state index in [1.54, 1.807) is 20.8 Å². The normalized spacial score (nSPS) is 13.0. The van der Waals surface area contributed by atoms with Crippen molar-refractivity contribution in [3.8, 4) is 0 Å². The van der Waals surface area contributed by atoms with Gasteiger partial charge < -0.3 is 9.47 Å². The molecule has 0 N–H and O–H groups in total. The lowest BCUT2D eigenvalue weighted by Crippen LogP contribution is -2.48. The van der Waals surface area contributed by atoms with Gasteiger partial charge in [0.05, 0.1) is 19.1 Å². The highest BCUT2D eigenvalue weighted by Gasteiger charge is 2.37. The van der Waals surface area contributed by atoms with Gasteiger partial charge in [0, 0.05) is 13.1 Å². The number of benzene rings is 2. The quantitative estimate of drug-likeness (QED) is 0.584. The minimum Gasteiger partial charge on any atom is -0.466 e. The van der Waals surface area contributed by atoms with Gasteiger partial charge >= 0.3 is 11.9 Å². The van der Waals surface area contributed by atoms with Crippen molar-refractivity contribution in [1.82, 2.24) is 4.90 Å². The Balaban J connectivity index is 2.37. The molecule has 0 heterocycles. The summed E-state index contributed by atoms with van der Waals surface area (Å²) in [6, 6.07) is 19.1. The van der Waals surface area contributed by atoms with E-state index in [9.17, 15) is 9.59 Å². The van der Waals surface area contributed by atoms with Crippen molar-refractivity contribution in [2.24, 2.45) is 5.92 Å². The Labute approximate surface area is 167 Å².